The second-order valence-electron chi connectivity index (χ2n) is 4.67. The number of benzene rings is 1. The fourth-order valence-electron chi connectivity index (χ4n) is 1.24. The number of halogens is 1. The van der Waals surface area contributed by atoms with Gasteiger partial charge in [0.15, 0.2) is 6.61 Å². The molecule has 1 N–H and O–H groups in total. The maximum Gasteiger partial charge on any atom is 0.260 e. The molecular formula is C13H18ClNO3. The summed E-state index contributed by atoms with van der Waals surface area (Å²) in [5.41, 5.74) is -0.602. The second-order valence-corrected chi connectivity index (χ2v) is 5.11. The molecule has 0 saturated heterocycles. The Bertz CT molecular complexity index is 420. The number of ether oxygens (including phenoxy) is 1. The number of hydrogen-bond acceptors (Lipinski definition) is 3. The molecule has 5 heteroatoms. The van der Waals surface area contributed by atoms with Crippen LogP contribution in [0.2, 0.25) is 5.02 Å². The van der Waals surface area contributed by atoms with Gasteiger partial charge in [0.05, 0.1) is 12.1 Å². The Morgan fingerprint density at radius 1 is 1.50 bits per heavy atom. The Morgan fingerprint density at radius 3 is 2.72 bits per heavy atom. The van der Waals surface area contributed by atoms with Gasteiger partial charge in [-0.15, -0.1) is 0 Å². The normalized spacial score (nSPS) is 11.2. The van der Waals surface area contributed by atoms with Crippen molar-refractivity contribution < 1.29 is 14.6 Å². The fourth-order valence-corrected chi connectivity index (χ4v) is 1.42. The van der Waals surface area contributed by atoms with Crippen LogP contribution >= 0.6 is 11.6 Å². The number of likely N-dealkylation sites (N-methyl/N-ethyl adjacent to an activating group) is 1. The first kappa shape index (κ1) is 14.8. The van der Waals surface area contributed by atoms with E-state index >= 15 is 0 Å². The zero-order chi connectivity index (χ0) is 13.8. The summed E-state index contributed by atoms with van der Waals surface area (Å²) in [5, 5.41) is 9.74. The quantitative estimate of drug-likeness (QED) is 0.891. The molecule has 0 saturated carbocycles. The van der Waals surface area contributed by atoms with Gasteiger partial charge in [0.1, 0.15) is 5.75 Å². The third kappa shape index (κ3) is 3.89. The second kappa shape index (κ2) is 6.07. The molecule has 1 amide bonds. The number of hydrogen-bond donors (Lipinski definition) is 1. The molecule has 0 atom stereocenters. The average Bonchev–Trinajstić information content (AvgIpc) is 2.35. The molecule has 18 heavy (non-hydrogen) atoms. The van der Waals surface area contributed by atoms with Gasteiger partial charge in [-0.2, -0.15) is 0 Å². The third-order valence-corrected chi connectivity index (χ3v) is 3.06. The lowest BCUT2D eigenvalue weighted by molar-refractivity contribution is -0.138. The number of carbonyl (C=O) groups is 1. The van der Waals surface area contributed by atoms with Crippen molar-refractivity contribution in [2.75, 3.05) is 20.3 Å². The van der Waals surface area contributed by atoms with Gasteiger partial charge in [-0.05, 0) is 32.0 Å². The van der Waals surface area contributed by atoms with Gasteiger partial charge in [-0.1, -0.05) is 17.7 Å². The lowest BCUT2D eigenvalue weighted by Crippen LogP contribution is -2.49. The lowest BCUT2D eigenvalue weighted by Gasteiger charge is -2.33. The van der Waals surface area contributed by atoms with Gasteiger partial charge in [0.2, 0.25) is 0 Å². The molecule has 1 rings (SSSR count). The summed E-state index contributed by atoms with van der Waals surface area (Å²) in [6.07, 6.45) is 0. The van der Waals surface area contributed by atoms with Crippen molar-refractivity contribution in [1.82, 2.24) is 4.90 Å². The van der Waals surface area contributed by atoms with Crippen LogP contribution in [0.25, 0.3) is 0 Å². The number of amides is 1. The monoisotopic (exact) mass is 271 g/mol. The summed E-state index contributed by atoms with van der Waals surface area (Å²) in [5.74, 6) is 0.347. The Labute approximate surface area is 112 Å². The molecule has 0 spiro atoms. The molecule has 0 bridgehead atoms. The van der Waals surface area contributed by atoms with Crippen molar-refractivity contribution in [3.63, 3.8) is 0 Å². The average molecular weight is 272 g/mol. The van der Waals surface area contributed by atoms with E-state index in [0.717, 1.165) is 0 Å². The molecule has 100 valence electrons. The van der Waals surface area contributed by atoms with E-state index in [9.17, 15) is 9.90 Å². The van der Waals surface area contributed by atoms with Gasteiger partial charge < -0.3 is 14.7 Å². The Balaban J connectivity index is 2.56. The van der Waals surface area contributed by atoms with Crippen LogP contribution in [0, 0.1) is 0 Å². The van der Waals surface area contributed by atoms with E-state index in [0.29, 0.717) is 10.8 Å². The number of rotatable bonds is 5. The van der Waals surface area contributed by atoms with E-state index in [1.54, 1.807) is 45.2 Å². The third-order valence-electron chi connectivity index (χ3n) is 2.83. The molecule has 0 aromatic heterocycles. The highest BCUT2D eigenvalue weighted by molar-refractivity contribution is 6.30. The lowest BCUT2D eigenvalue weighted by atomic mass is 10.1. The van der Waals surface area contributed by atoms with Gasteiger partial charge in [0, 0.05) is 12.1 Å². The van der Waals surface area contributed by atoms with Crippen LogP contribution in [-0.4, -0.2) is 41.7 Å². The van der Waals surface area contributed by atoms with Crippen molar-refractivity contribution >= 4 is 17.5 Å². The van der Waals surface area contributed by atoms with Gasteiger partial charge in [-0.25, -0.2) is 0 Å². The topological polar surface area (TPSA) is 49.8 Å². The maximum atomic E-state index is 11.9. The summed E-state index contributed by atoms with van der Waals surface area (Å²) in [7, 11) is 1.64. The molecule has 1 aromatic carbocycles. The van der Waals surface area contributed by atoms with Crippen molar-refractivity contribution in [1.29, 1.82) is 0 Å². The maximum absolute atomic E-state index is 11.9. The van der Waals surface area contributed by atoms with Crippen molar-refractivity contribution in [2.45, 2.75) is 19.4 Å². The highest BCUT2D eigenvalue weighted by atomic mass is 35.5. The van der Waals surface area contributed by atoms with Crippen LogP contribution in [-0.2, 0) is 4.79 Å². The molecule has 0 aliphatic carbocycles. The molecular weight excluding hydrogens is 254 g/mol. The minimum absolute atomic E-state index is 0.0831. The number of aliphatic hydroxyl groups is 1. The highest BCUT2D eigenvalue weighted by Gasteiger charge is 2.26. The Kier molecular flexibility index (Phi) is 4.99. The van der Waals surface area contributed by atoms with E-state index in [-0.39, 0.29) is 19.1 Å². The van der Waals surface area contributed by atoms with Crippen LogP contribution in [0.1, 0.15) is 13.8 Å². The van der Waals surface area contributed by atoms with E-state index in [4.69, 9.17) is 16.3 Å². The molecule has 1 aromatic rings. The van der Waals surface area contributed by atoms with Gasteiger partial charge in [-0.3, -0.25) is 4.79 Å². The number of carbonyl (C=O) groups excluding carboxylic acids is 1. The minimum Gasteiger partial charge on any atom is -0.484 e. The number of aliphatic hydroxyl groups excluding tert-OH is 1. The molecule has 0 fully saturated rings. The molecule has 0 heterocycles. The Morgan fingerprint density at radius 2 is 2.17 bits per heavy atom. The van der Waals surface area contributed by atoms with Crippen LogP contribution < -0.4 is 4.74 Å². The standard InChI is InChI=1S/C13H18ClNO3/c1-13(2,9-16)15(3)12(17)8-18-11-6-4-5-10(14)7-11/h4-7,16H,8-9H2,1-3H3. The SMILES string of the molecule is CN(C(=O)COc1cccc(Cl)c1)C(C)(C)CO. The van der Waals surface area contributed by atoms with E-state index in [2.05, 4.69) is 0 Å². The first-order valence-corrected chi connectivity index (χ1v) is 6.00. The smallest absolute Gasteiger partial charge is 0.260 e. The van der Waals surface area contributed by atoms with Gasteiger partial charge in [0.25, 0.3) is 5.91 Å². The molecule has 0 aliphatic rings. The summed E-state index contributed by atoms with van der Waals surface area (Å²) in [6.45, 7) is 3.38. The molecule has 0 aliphatic heterocycles. The number of nitrogens with zero attached hydrogens (tertiary/aromatic N) is 1. The fraction of sp³-hybridized carbons (Fsp3) is 0.462. The van der Waals surface area contributed by atoms with Crippen LogP contribution in [0.5, 0.6) is 5.75 Å². The zero-order valence-corrected chi connectivity index (χ0v) is 11.6. The van der Waals surface area contributed by atoms with Gasteiger partial charge >= 0.3 is 0 Å². The molecule has 0 unspecified atom stereocenters. The van der Waals surface area contributed by atoms with Crippen LogP contribution in [0.4, 0.5) is 0 Å². The van der Waals surface area contributed by atoms with Crippen molar-refractivity contribution in [2.24, 2.45) is 0 Å². The predicted octanol–water partition coefficient (Wildman–Crippen LogP) is 1.95. The molecule has 0 radical (unpaired) electrons. The predicted molar refractivity (Wildman–Crippen MR) is 70.9 cm³/mol. The van der Waals surface area contributed by atoms with Crippen molar-refractivity contribution in [3.05, 3.63) is 29.3 Å². The summed E-state index contributed by atoms with van der Waals surface area (Å²) < 4.78 is 5.35. The van der Waals surface area contributed by atoms with E-state index in [1.165, 1.54) is 4.90 Å². The first-order chi connectivity index (χ1) is 8.36. The van der Waals surface area contributed by atoms with Crippen LogP contribution in [0.3, 0.4) is 0 Å². The highest BCUT2D eigenvalue weighted by Crippen LogP contribution is 2.17. The Hall–Kier alpha value is -1.26. The summed E-state index contributed by atoms with van der Waals surface area (Å²) >= 11 is 5.81. The van der Waals surface area contributed by atoms with E-state index in [1.807, 2.05) is 0 Å². The molecule has 4 nitrogen and oxygen atoms in total. The van der Waals surface area contributed by atoms with Crippen LogP contribution in [0.15, 0.2) is 24.3 Å². The zero-order valence-electron chi connectivity index (χ0n) is 10.8. The van der Waals surface area contributed by atoms with Crippen molar-refractivity contribution in [3.8, 4) is 5.75 Å². The minimum atomic E-state index is -0.602. The van der Waals surface area contributed by atoms with E-state index < -0.39 is 5.54 Å². The first-order valence-electron chi connectivity index (χ1n) is 5.63. The summed E-state index contributed by atoms with van der Waals surface area (Å²) in [4.78, 5) is 13.3. The summed E-state index contributed by atoms with van der Waals surface area (Å²) in [6, 6.07) is 6.86. The largest absolute Gasteiger partial charge is 0.484 e.